The molecule has 4 aromatic rings. The molecule has 0 saturated carbocycles. The zero-order valence-corrected chi connectivity index (χ0v) is 32.7. The van der Waals surface area contributed by atoms with Gasteiger partial charge in [0.2, 0.25) is 0 Å². The number of imide groups is 2. The molecule has 4 aromatic carbocycles. The number of amides is 4. The Morgan fingerprint density at radius 2 is 0.947 bits per heavy atom. The zero-order chi connectivity index (χ0) is 41.1. The molecule has 0 unspecified atom stereocenters. The smallest absolute Gasteiger partial charge is 0.262 e. The Labute approximate surface area is 328 Å². The second kappa shape index (κ2) is 16.9. The summed E-state index contributed by atoms with van der Waals surface area (Å²) in [5.74, 6) is -1.12. The van der Waals surface area contributed by atoms with E-state index >= 15 is 0 Å². The first-order valence-electron chi connectivity index (χ1n) is 17.9. The van der Waals surface area contributed by atoms with Crippen molar-refractivity contribution in [1.29, 1.82) is 0 Å². The molecule has 4 aliphatic rings. The molecule has 0 radical (unpaired) electrons. The van der Waals surface area contributed by atoms with Crippen molar-refractivity contribution in [3.63, 3.8) is 0 Å². The number of carbonyl (C=O) groups is 4. The van der Waals surface area contributed by atoms with Gasteiger partial charge in [0.15, 0.2) is 0 Å². The fourth-order valence-electron chi connectivity index (χ4n) is 6.94. The summed E-state index contributed by atoms with van der Waals surface area (Å²) in [7, 11) is -7.33. The number of hydrogen-bond acceptors (Lipinski definition) is 10. The topological polar surface area (TPSA) is 208 Å². The van der Waals surface area contributed by atoms with Crippen molar-refractivity contribution in [3.05, 3.63) is 104 Å². The summed E-state index contributed by atoms with van der Waals surface area (Å²) in [5, 5.41) is 13.9. The molecule has 4 N–H and O–H groups in total. The van der Waals surface area contributed by atoms with E-state index in [1.807, 2.05) is 60.7 Å². The summed E-state index contributed by atoms with van der Waals surface area (Å²) in [4.78, 5) is 55.3. The number of carbonyl (C=O) groups excluding carboxylic acids is 4. The van der Waals surface area contributed by atoms with Crippen molar-refractivity contribution in [3.8, 4) is 0 Å². The van der Waals surface area contributed by atoms with Gasteiger partial charge in [-0.05, 0) is 97.3 Å². The van der Waals surface area contributed by atoms with Gasteiger partial charge in [-0.15, -0.1) is 0 Å². The Morgan fingerprint density at radius 3 is 1.33 bits per heavy atom. The Bertz CT molecular complexity index is 2690. The van der Waals surface area contributed by atoms with Crippen molar-refractivity contribution in [2.75, 3.05) is 51.8 Å². The molecule has 57 heavy (non-hydrogen) atoms. The van der Waals surface area contributed by atoms with Gasteiger partial charge in [0, 0.05) is 38.3 Å². The van der Waals surface area contributed by atoms with E-state index in [2.05, 4.69) is 34.9 Å². The van der Waals surface area contributed by atoms with E-state index in [0.29, 0.717) is 60.3 Å². The minimum atomic E-state index is -3.67. The first-order valence-corrected chi connectivity index (χ1v) is 21.6. The predicted octanol–water partition coefficient (Wildman–Crippen LogP) is 0.411. The van der Waals surface area contributed by atoms with Gasteiger partial charge in [-0.3, -0.25) is 38.1 Å². The summed E-state index contributed by atoms with van der Waals surface area (Å²) in [6.45, 7) is 2.89. The summed E-state index contributed by atoms with van der Waals surface area (Å²) in [6, 6.07) is 15.9. The van der Waals surface area contributed by atoms with E-state index in [4.69, 9.17) is 9.11 Å². The van der Waals surface area contributed by atoms with Gasteiger partial charge in [-0.2, -0.15) is 16.8 Å². The Morgan fingerprint density at radius 1 is 0.561 bits per heavy atom. The fourth-order valence-corrected chi connectivity index (χ4v) is 6.94. The highest BCUT2D eigenvalue weighted by atomic mass is 32.2. The van der Waals surface area contributed by atoms with Crippen LogP contribution in [0, 0.1) is 0 Å². The number of rotatable bonds is 10. The maximum Gasteiger partial charge on any atom is 0.262 e. The van der Waals surface area contributed by atoms with Crippen LogP contribution in [0.5, 0.6) is 0 Å². The molecule has 14 nitrogen and oxygen atoms in total. The van der Waals surface area contributed by atoms with Gasteiger partial charge in [0.1, 0.15) is 0 Å². The van der Waals surface area contributed by atoms with Gasteiger partial charge in [-0.1, -0.05) is 60.7 Å². The van der Waals surface area contributed by atoms with Crippen molar-refractivity contribution >= 4 is 102 Å². The average Bonchev–Trinajstić information content (AvgIpc) is 3.78. The SMILES string of the molecule is CS(=O)(=O)O.CS(=O)(=O)O.O=C1C=c2ccc3cc4c(cc3c2C(=O)N1CCNCCCNCCN1C(=O)C=c2ccc3cc5c(cc3c2C1=O)C=CC=5)C=CC=4. The number of benzene rings is 4. The molecule has 4 amide bonds. The molecular weight excluding hydrogens is 773 g/mol. The third-order valence-corrected chi connectivity index (χ3v) is 9.35. The Hall–Kier alpha value is -5.62. The lowest BCUT2D eigenvalue weighted by Gasteiger charge is -2.24. The highest BCUT2D eigenvalue weighted by Gasteiger charge is 2.29. The van der Waals surface area contributed by atoms with Crippen LogP contribution in [-0.2, 0) is 29.8 Å². The molecule has 0 aromatic heterocycles. The summed E-state index contributed by atoms with van der Waals surface area (Å²) >= 11 is 0. The van der Waals surface area contributed by atoms with Gasteiger partial charge in [0.25, 0.3) is 43.9 Å². The molecular formula is C41H40N4O10S2. The van der Waals surface area contributed by atoms with Crippen LogP contribution in [0.3, 0.4) is 0 Å². The van der Waals surface area contributed by atoms with Crippen LogP contribution in [0.25, 0.3) is 58.0 Å². The van der Waals surface area contributed by atoms with Crippen LogP contribution in [-0.4, -0.2) is 111 Å². The molecule has 0 fully saturated rings. The first-order chi connectivity index (χ1) is 27.0. The molecule has 2 aliphatic heterocycles. The highest BCUT2D eigenvalue weighted by Crippen LogP contribution is 2.23. The van der Waals surface area contributed by atoms with E-state index in [1.165, 1.54) is 9.80 Å². The second-order valence-corrected chi connectivity index (χ2v) is 16.6. The summed E-state index contributed by atoms with van der Waals surface area (Å²) in [6.07, 6.45) is 17.5. The van der Waals surface area contributed by atoms with Crippen molar-refractivity contribution in [2.24, 2.45) is 0 Å². The maximum atomic E-state index is 13.5. The largest absolute Gasteiger partial charge is 0.315 e. The van der Waals surface area contributed by atoms with E-state index < -0.39 is 20.2 Å². The maximum absolute atomic E-state index is 13.5. The van der Waals surface area contributed by atoms with Crippen LogP contribution < -0.4 is 31.5 Å². The molecule has 0 spiro atoms. The van der Waals surface area contributed by atoms with Crippen molar-refractivity contribution in [2.45, 2.75) is 6.42 Å². The Balaban J connectivity index is 0.000000492. The van der Waals surface area contributed by atoms with E-state index in [1.54, 1.807) is 12.2 Å². The minimum Gasteiger partial charge on any atom is -0.315 e. The molecule has 16 heteroatoms. The van der Waals surface area contributed by atoms with Gasteiger partial charge < -0.3 is 10.6 Å². The molecule has 2 aliphatic carbocycles. The lowest BCUT2D eigenvalue weighted by atomic mass is 9.96. The minimum absolute atomic E-state index is 0.263. The van der Waals surface area contributed by atoms with Crippen molar-refractivity contribution in [1.82, 2.24) is 20.4 Å². The van der Waals surface area contributed by atoms with E-state index in [9.17, 15) is 36.0 Å². The molecule has 2 heterocycles. The van der Waals surface area contributed by atoms with Crippen LogP contribution >= 0.6 is 0 Å². The number of hydrogen-bond donors (Lipinski definition) is 4. The second-order valence-electron chi connectivity index (χ2n) is 13.7. The molecule has 0 bridgehead atoms. The number of fused-ring (bicyclic) bond motifs is 8. The van der Waals surface area contributed by atoms with E-state index in [-0.39, 0.29) is 36.7 Å². The van der Waals surface area contributed by atoms with E-state index in [0.717, 1.165) is 49.5 Å². The number of nitrogens with zero attached hydrogens (tertiary/aromatic N) is 2. The molecule has 296 valence electrons. The van der Waals surface area contributed by atoms with Gasteiger partial charge in [0.05, 0.1) is 23.6 Å². The van der Waals surface area contributed by atoms with Gasteiger partial charge in [-0.25, -0.2) is 0 Å². The highest BCUT2D eigenvalue weighted by molar-refractivity contribution is 7.85. The Kier molecular flexibility index (Phi) is 12.1. The third-order valence-electron chi connectivity index (χ3n) is 9.35. The molecule has 8 rings (SSSR count). The third kappa shape index (κ3) is 10.0. The number of allylic oxidation sites excluding steroid dienone is 2. The fraction of sp³-hybridized carbons (Fsp3) is 0.220. The van der Waals surface area contributed by atoms with Crippen LogP contribution in [0.4, 0.5) is 0 Å². The van der Waals surface area contributed by atoms with Crippen LogP contribution in [0.2, 0.25) is 0 Å². The van der Waals surface area contributed by atoms with Gasteiger partial charge >= 0.3 is 0 Å². The monoisotopic (exact) mass is 812 g/mol. The number of nitrogens with one attached hydrogen (secondary N) is 2. The lowest BCUT2D eigenvalue weighted by molar-refractivity contribution is -0.123. The van der Waals surface area contributed by atoms with Crippen LogP contribution in [0.1, 0.15) is 38.3 Å². The zero-order valence-electron chi connectivity index (χ0n) is 31.1. The summed E-state index contributed by atoms with van der Waals surface area (Å²) < 4.78 is 51.7. The molecule has 0 saturated heterocycles. The lowest BCUT2D eigenvalue weighted by Crippen LogP contribution is -2.46. The quantitative estimate of drug-likeness (QED) is 0.0977. The molecule has 0 atom stereocenters. The first kappa shape index (κ1) is 41.0. The summed E-state index contributed by atoms with van der Waals surface area (Å²) in [5.41, 5.74) is 3.30. The average molecular weight is 813 g/mol. The predicted molar refractivity (Wildman–Crippen MR) is 220 cm³/mol. The standard InChI is InChI=1S/C39H32N4O4.2CH4O3S/c44-34-22-30-10-8-28-18-24-4-1-6-26(24)20-32(28)36(30)38(46)42(34)16-14-40-12-3-13-41-15-17-43-35(45)23-31-11-9-29-19-25-5-2-7-27(25)21-33(29)37(31)39(43)47;2*1-5(2,3)4/h1-2,4-11,18-23,40-41H,3,12-17H2;2*1H3,(H,2,3,4). The normalized spacial score (nSPS) is 15.0. The van der Waals surface area contributed by atoms with Crippen LogP contribution in [0.15, 0.2) is 60.7 Å². The van der Waals surface area contributed by atoms with Crippen molar-refractivity contribution < 1.29 is 45.1 Å².